The fourth-order valence-corrected chi connectivity index (χ4v) is 1.99. The van der Waals surface area contributed by atoms with E-state index in [-0.39, 0.29) is 16.6 Å². The summed E-state index contributed by atoms with van der Waals surface area (Å²) in [6.45, 7) is 1.73. The number of H-pyrrole nitrogens is 1. The van der Waals surface area contributed by atoms with Crippen molar-refractivity contribution >= 4 is 28.8 Å². The van der Waals surface area contributed by atoms with Crippen molar-refractivity contribution < 1.29 is 9.53 Å². The van der Waals surface area contributed by atoms with Gasteiger partial charge in [-0.1, -0.05) is 11.8 Å². The second-order valence-electron chi connectivity index (χ2n) is 3.58. The largest absolute Gasteiger partial charge is 0.465 e. The van der Waals surface area contributed by atoms with E-state index >= 15 is 0 Å². The van der Waals surface area contributed by atoms with Crippen molar-refractivity contribution in [2.24, 2.45) is 0 Å². The third-order valence-electron chi connectivity index (χ3n) is 2.38. The van der Waals surface area contributed by atoms with Gasteiger partial charge in [-0.2, -0.15) is 0 Å². The molecule has 0 saturated carbocycles. The zero-order valence-corrected chi connectivity index (χ0v) is 10.9. The molecule has 0 spiro atoms. The van der Waals surface area contributed by atoms with Gasteiger partial charge in [0.1, 0.15) is 0 Å². The van der Waals surface area contributed by atoms with Gasteiger partial charge in [0.05, 0.1) is 18.1 Å². The number of aromatic nitrogens is 3. The number of carbonyl (C=O) groups excluding carboxylic acids is 1. The first-order valence-electron chi connectivity index (χ1n) is 5.10. The SMILES string of the molecule is COC(=O)c1cc(C)nc2nc(SC)[nH]c(=O)c12. The number of nitrogens with one attached hydrogen (secondary N) is 1. The van der Waals surface area contributed by atoms with Gasteiger partial charge in [0.15, 0.2) is 10.8 Å². The molecule has 6 nitrogen and oxygen atoms in total. The Morgan fingerprint density at radius 2 is 2.17 bits per heavy atom. The molecule has 2 rings (SSSR count). The fourth-order valence-electron chi connectivity index (χ4n) is 1.61. The van der Waals surface area contributed by atoms with Crippen molar-refractivity contribution in [3.63, 3.8) is 0 Å². The van der Waals surface area contributed by atoms with Crippen molar-refractivity contribution in [3.05, 3.63) is 27.7 Å². The number of ether oxygens (including phenoxy) is 1. The highest BCUT2D eigenvalue weighted by molar-refractivity contribution is 7.98. The topological polar surface area (TPSA) is 84.9 Å². The van der Waals surface area contributed by atoms with Crippen LogP contribution in [-0.4, -0.2) is 34.3 Å². The van der Waals surface area contributed by atoms with E-state index in [0.29, 0.717) is 10.9 Å². The molecule has 0 aliphatic rings. The van der Waals surface area contributed by atoms with Crippen LogP contribution in [0.25, 0.3) is 11.0 Å². The van der Waals surface area contributed by atoms with Crippen LogP contribution in [0.5, 0.6) is 0 Å². The van der Waals surface area contributed by atoms with Crippen LogP contribution in [0.2, 0.25) is 0 Å². The number of esters is 1. The van der Waals surface area contributed by atoms with Crippen LogP contribution in [0.1, 0.15) is 16.1 Å². The molecule has 0 bridgehead atoms. The Morgan fingerprint density at radius 3 is 2.78 bits per heavy atom. The molecule has 0 aromatic carbocycles. The summed E-state index contributed by atoms with van der Waals surface area (Å²) in [4.78, 5) is 34.5. The lowest BCUT2D eigenvalue weighted by Crippen LogP contribution is -2.15. The summed E-state index contributed by atoms with van der Waals surface area (Å²) in [5.41, 5.74) is 0.648. The molecule has 7 heteroatoms. The molecule has 0 atom stereocenters. The van der Waals surface area contributed by atoms with Crippen molar-refractivity contribution in [3.8, 4) is 0 Å². The van der Waals surface area contributed by atoms with Crippen LogP contribution < -0.4 is 5.56 Å². The molecule has 2 heterocycles. The smallest absolute Gasteiger partial charge is 0.338 e. The minimum Gasteiger partial charge on any atom is -0.465 e. The average molecular weight is 265 g/mol. The van der Waals surface area contributed by atoms with E-state index in [9.17, 15) is 9.59 Å². The number of aryl methyl sites for hydroxylation is 1. The number of aromatic amines is 1. The van der Waals surface area contributed by atoms with E-state index in [0.717, 1.165) is 0 Å². The molecule has 0 amide bonds. The summed E-state index contributed by atoms with van der Waals surface area (Å²) >= 11 is 1.30. The molecular formula is C11H11N3O3S. The first-order valence-corrected chi connectivity index (χ1v) is 6.33. The van der Waals surface area contributed by atoms with Crippen molar-refractivity contribution in [1.82, 2.24) is 15.0 Å². The third-order valence-corrected chi connectivity index (χ3v) is 2.96. The van der Waals surface area contributed by atoms with Crippen LogP contribution in [0, 0.1) is 6.92 Å². The van der Waals surface area contributed by atoms with E-state index in [4.69, 9.17) is 0 Å². The van der Waals surface area contributed by atoms with Gasteiger partial charge in [-0.25, -0.2) is 14.8 Å². The van der Waals surface area contributed by atoms with Gasteiger partial charge >= 0.3 is 5.97 Å². The van der Waals surface area contributed by atoms with E-state index in [2.05, 4.69) is 19.7 Å². The maximum atomic E-state index is 12.0. The van der Waals surface area contributed by atoms with E-state index in [1.807, 2.05) is 0 Å². The highest BCUT2D eigenvalue weighted by Gasteiger charge is 2.16. The number of pyridine rings is 1. The number of hydrogen-bond donors (Lipinski definition) is 1. The Balaban J connectivity index is 2.87. The Morgan fingerprint density at radius 1 is 1.44 bits per heavy atom. The minimum atomic E-state index is -0.574. The number of methoxy groups -OCH3 is 1. The molecule has 0 aliphatic heterocycles. The van der Waals surface area contributed by atoms with Gasteiger partial charge in [-0.15, -0.1) is 0 Å². The molecule has 2 aromatic rings. The number of thioether (sulfide) groups is 1. The highest BCUT2D eigenvalue weighted by atomic mass is 32.2. The van der Waals surface area contributed by atoms with Gasteiger partial charge < -0.3 is 9.72 Å². The zero-order chi connectivity index (χ0) is 13.3. The van der Waals surface area contributed by atoms with Gasteiger partial charge in [-0.3, -0.25) is 4.79 Å². The first kappa shape index (κ1) is 12.6. The molecule has 18 heavy (non-hydrogen) atoms. The fraction of sp³-hybridized carbons (Fsp3) is 0.273. The standard InChI is InChI=1S/C11H11N3O3S/c1-5-4-6(10(16)17-2)7-8(12-5)13-11(18-3)14-9(7)15/h4H,1-3H3,(H,12,13,14,15). The maximum absolute atomic E-state index is 12.0. The number of fused-ring (bicyclic) bond motifs is 1. The van der Waals surface area contributed by atoms with Crippen LogP contribution >= 0.6 is 11.8 Å². The van der Waals surface area contributed by atoms with E-state index in [1.165, 1.54) is 24.9 Å². The Hall–Kier alpha value is -1.89. The van der Waals surface area contributed by atoms with Crippen molar-refractivity contribution in [2.45, 2.75) is 12.1 Å². The van der Waals surface area contributed by atoms with Crippen LogP contribution in [0.3, 0.4) is 0 Å². The van der Waals surface area contributed by atoms with Crippen LogP contribution in [0.15, 0.2) is 16.0 Å². The third kappa shape index (κ3) is 2.08. The number of hydrogen-bond acceptors (Lipinski definition) is 6. The predicted octanol–water partition coefficient (Wildman–Crippen LogP) is 1.14. The molecule has 0 fully saturated rings. The molecule has 94 valence electrons. The Kier molecular flexibility index (Phi) is 3.33. The quantitative estimate of drug-likeness (QED) is 0.498. The van der Waals surface area contributed by atoms with E-state index in [1.54, 1.807) is 13.2 Å². The summed E-state index contributed by atoms with van der Waals surface area (Å²) in [6.07, 6.45) is 1.79. The molecule has 0 radical (unpaired) electrons. The monoisotopic (exact) mass is 265 g/mol. The Bertz CT molecular complexity index is 681. The van der Waals surface area contributed by atoms with E-state index < -0.39 is 11.5 Å². The van der Waals surface area contributed by atoms with Gasteiger partial charge in [0, 0.05) is 5.69 Å². The molecule has 0 unspecified atom stereocenters. The molecule has 0 aliphatic carbocycles. The predicted molar refractivity (Wildman–Crippen MR) is 68.0 cm³/mol. The molecule has 2 aromatic heterocycles. The molecular weight excluding hydrogens is 254 g/mol. The summed E-state index contributed by atoms with van der Waals surface area (Å²) in [5.74, 6) is -0.574. The lowest BCUT2D eigenvalue weighted by Gasteiger charge is -2.05. The molecule has 1 N–H and O–H groups in total. The number of carbonyl (C=O) groups is 1. The van der Waals surface area contributed by atoms with Crippen molar-refractivity contribution in [1.29, 1.82) is 0 Å². The minimum absolute atomic E-state index is 0.158. The second-order valence-corrected chi connectivity index (χ2v) is 4.37. The average Bonchev–Trinajstić information content (AvgIpc) is 2.35. The van der Waals surface area contributed by atoms with Gasteiger partial charge in [-0.05, 0) is 19.2 Å². The van der Waals surface area contributed by atoms with Crippen LogP contribution in [0.4, 0.5) is 0 Å². The lowest BCUT2D eigenvalue weighted by molar-refractivity contribution is 0.0602. The van der Waals surface area contributed by atoms with Gasteiger partial charge in [0.25, 0.3) is 5.56 Å². The zero-order valence-electron chi connectivity index (χ0n) is 10.1. The summed E-state index contributed by atoms with van der Waals surface area (Å²) in [5, 5.41) is 0.617. The van der Waals surface area contributed by atoms with Crippen molar-refractivity contribution in [2.75, 3.05) is 13.4 Å². The maximum Gasteiger partial charge on any atom is 0.338 e. The van der Waals surface area contributed by atoms with Gasteiger partial charge in [0.2, 0.25) is 0 Å². The highest BCUT2D eigenvalue weighted by Crippen LogP contribution is 2.16. The summed E-state index contributed by atoms with van der Waals surface area (Å²) in [7, 11) is 1.27. The summed E-state index contributed by atoms with van der Waals surface area (Å²) < 4.78 is 4.66. The normalized spacial score (nSPS) is 10.6. The second kappa shape index (κ2) is 4.77. The van der Waals surface area contributed by atoms with Crippen LogP contribution in [-0.2, 0) is 4.74 Å². The lowest BCUT2D eigenvalue weighted by atomic mass is 10.1. The number of nitrogens with zero attached hydrogens (tertiary/aromatic N) is 2. The summed E-state index contributed by atoms with van der Waals surface area (Å²) in [6, 6.07) is 1.52. The Labute approximate surface area is 107 Å². The number of rotatable bonds is 2. The molecule has 0 saturated heterocycles. The first-order chi connectivity index (χ1) is 8.56.